The van der Waals surface area contributed by atoms with Gasteiger partial charge in [-0.25, -0.2) is 0 Å². The van der Waals surface area contributed by atoms with Crippen LogP contribution in [0.5, 0.6) is 0 Å². The molecule has 0 atom stereocenters. The Morgan fingerprint density at radius 3 is 2.29 bits per heavy atom. The van der Waals surface area contributed by atoms with E-state index in [9.17, 15) is 0 Å². The third-order valence-electron chi connectivity index (χ3n) is 3.41. The molecule has 1 aromatic carbocycles. The Kier molecular flexibility index (Phi) is 3.43. The SMILES string of the molecule is Cc1cc(C(C)(C)C)ccc1N1CCOCC1. The van der Waals surface area contributed by atoms with Crippen LogP contribution in [0.2, 0.25) is 0 Å². The highest BCUT2D eigenvalue weighted by Crippen LogP contribution is 2.28. The summed E-state index contributed by atoms with van der Waals surface area (Å²) in [6.45, 7) is 12.7. The lowest BCUT2D eigenvalue weighted by Gasteiger charge is -2.31. The van der Waals surface area contributed by atoms with Crippen LogP contribution >= 0.6 is 0 Å². The molecule has 1 aromatic rings. The molecule has 1 fully saturated rings. The van der Waals surface area contributed by atoms with E-state index >= 15 is 0 Å². The molecule has 0 amide bonds. The van der Waals surface area contributed by atoms with Gasteiger partial charge in [0.05, 0.1) is 13.2 Å². The van der Waals surface area contributed by atoms with Crippen LogP contribution in [-0.4, -0.2) is 26.3 Å². The molecule has 0 spiro atoms. The standard InChI is InChI=1S/C15H23NO/c1-12-11-13(15(2,3)4)5-6-14(12)16-7-9-17-10-8-16/h5-6,11H,7-10H2,1-4H3. The van der Waals surface area contributed by atoms with Crippen LogP contribution < -0.4 is 4.90 Å². The molecule has 1 aliphatic rings. The highest BCUT2D eigenvalue weighted by atomic mass is 16.5. The van der Waals surface area contributed by atoms with Crippen LogP contribution in [-0.2, 0) is 10.2 Å². The molecular formula is C15H23NO. The van der Waals surface area contributed by atoms with Crippen molar-refractivity contribution >= 4 is 5.69 Å². The monoisotopic (exact) mass is 233 g/mol. The summed E-state index contributed by atoms with van der Waals surface area (Å²) < 4.78 is 5.40. The molecule has 0 saturated carbocycles. The first-order valence-electron chi connectivity index (χ1n) is 6.42. The van der Waals surface area contributed by atoms with Crippen molar-refractivity contribution in [2.75, 3.05) is 31.2 Å². The van der Waals surface area contributed by atoms with Crippen LogP contribution in [0.15, 0.2) is 18.2 Å². The van der Waals surface area contributed by atoms with Crippen molar-refractivity contribution in [3.8, 4) is 0 Å². The third-order valence-corrected chi connectivity index (χ3v) is 3.41. The van der Waals surface area contributed by atoms with Gasteiger partial charge in [0.2, 0.25) is 0 Å². The maximum Gasteiger partial charge on any atom is 0.0642 e. The smallest absolute Gasteiger partial charge is 0.0642 e. The van der Waals surface area contributed by atoms with Crippen molar-refractivity contribution in [1.29, 1.82) is 0 Å². The first kappa shape index (κ1) is 12.4. The Labute approximate surface area is 105 Å². The number of nitrogens with zero attached hydrogens (tertiary/aromatic N) is 1. The van der Waals surface area contributed by atoms with Crippen molar-refractivity contribution in [3.05, 3.63) is 29.3 Å². The zero-order valence-electron chi connectivity index (χ0n) is 11.4. The number of anilines is 1. The van der Waals surface area contributed by atoms with Crippen LogP contribution in [0.3, 0.4) is 0 Å². The Bertz CT molecular complexity index is 386. The highest BCUT2D eigenvalue weighted by Gasteiger charge is 2.17. The van der Waals surface area contributed by atoms with Gasteiger partial charge in [-0.3, -0.25) is 0 Å². The molecule has 2 nitrogen and oxygen atoms in total. The lowest BCUT2D eigenvalue weighted by Crippen LogP contribution is -2.36. The fourth-order valence-electron chi connectivity index (χ4n) is 2.28. The Balaban J connectivity index is 2.25. The third kappa shape index (κ3) is 2.81. The van der Waals surface area contributed by atoms with Gasteiger partial charge in [0.25, 0.3) is 0 Å². The van der Waals surface area contributed by atoms with Crippen LogP contribution in [0, 0.1) is 6.92 Å². The van der Waals surface area contributed by atoms with E-state index in [4.69, 9.17) is 4.74 Å². The van der Waals surface area contributed by atoms with Gasteiger partial charge in [0, 0.05) is 18.8 Å². The van der Waals surface area contributed by atoms with Gasteiger partial charge >= 0.3 is 0 Å². The predicted molar refractivity (Wildman–Crippen MR) is 72.9 cm³/mol. The number of hydrogen-bond acceptors (Lipinski definition) is 2. The summed E-state index contributed by atoms with van der Waals surface area (Å²) in [5.41, 5.74) is 4.38. The molecule has 0 aromatic heterocycles. The summed E-state index contributed by atoms with van der Waals surface area (Å²) >= 11 is 0. The zero-order chi connectivity index (χ0) is 12.5. The van der Waals surface area contributed by atoms with E-state index in [1.807, 2.05) is 0 Å². The van der Waals surface area contributed by atoms with Gasteiger partial charge in [0.1, 0.15) is 0 Å². The van der Waals surface area contributed by atoms with Gasteiger partial charge in [-0.1, -0.05) is 32.9 Å². The molecule has 0 radical (unpaired) electrons. The normalized spacial score (nSPS) is 17.3. The average molecular weight is 233 g/mol. The van der Waals surface area contributed by atoms with Crippen molar-refractivity contribution in [2.24, 2.45) is 0 Å². The second-order valence-electron chi connectivity index (χ2n) is 5.85. The summed E-state index contributed by atoms with van der Waals surface area (Å²) in [4.78, 5) is 2.42. The van der Waals surface area contributed by atoms with Gasteiger partial charge in [0.15, 0.2) is 0 Å². The first-order chi connectivity index (χ1) is 7.98. The second kappa shape index (κ2) is 4.69. The fourth-order valence-corrected chi connectivity index (χ4v) is 2.28. The molecule has 1 saturated heterocycles. The van der Waals surface area contributed by atoms with Gasteiger partial charge in [-0.05, 0) is 29.5 Å². The number of benzene rings is 1. The van der Waals surface area contributed by atoms with Crippen molar-refractivity contribution < 1.29 is 4.74 Å². The Hall–Kier alpha value is -1.02. The first-order valence-corrected chi connectivity index (χ1v) is 6.42. The topological polar surface area (TPSA) is 12.5 Å². The number of hydrogen-bond donors (Lipinski definition) is 0. The summed E-state index contributed by atoms with van der Waals surface area (Å²) in [5, 5.41) is 0. The van der Waals surface area contributed by atoms with E-state index in [1.54, 1.807) is 0 Å². The number of aryl methyl sites for hydroxylation is 1. The molecule has 1 heterocycles. The van der Waals surface area contributed by atoms with E-state index in [1.165, 1.54) is 16.8 Å². The van der Waals surface area contributed by atoms with Crippen molar-refractivity contribution in [2.45, 2.75) is 33.1 Å². The van der Waals surface area contributed by atoms with Crippen molar-refractivity contribution in [3.63, 3.8) is 0 Å². The molecule has 94 valence electrons. The van der Waals surface area contributed by atoms with Crippen LogP contribution in [0.1, 0.15) is 31.9 Å². The predicted octanol–water partition coefficient (Wildman–Crippen LogP) is 3.13. The van der Waals surface area contributed by atoms with E-state index in [-0.39, 0.29) is 5.41 Å². The average Bonchev–Trinajstić information content (AvgIpc) is 2.29. The van der Waals surface area contributed by atoms with Gasteiger partial charge < -0.3 is 9.64 Å². The van der Waals surface area contributed by atoms with Crippen LogP contribution in [0.4, 0.5) is 5.69 Å². The van der Waals surface area contributed by atoms with Gasteiger partial charge in [-0.2, -0.15) is 0 Å². The summed E-state index contributed by atoms with van der Waals surface area (Å²) in [6.07, 6.45) is 0. The number of rotatable bonds is 1. The minimum absolute atomic E-state index is 0.230. The second-order valence-corrected chi connectivity index (χ2v) is 5.85. The summed E-state index contributed by atoms with van der Waals surface area (Å²) in [6, 6.07) is 6.85. The number of morpholine rings is 1. The molecule has 0 bridgehead atoms. The Morgan fingerprint density at radius 2 is 1.76 bits per heavy atom. The van der Waals surface area contributed by atoms with E-state index in [0.29, 0.717) is 0 Å². The lowest BCUT2D eigenvalue weighted by molar-refractivity contribution is 0.122. The summed E-state index contributed by atoms with van der Waals surface area (Å²) in [7, 11) is 0. The molecular weight excluding hydrogens is 210 g/mol. The van der Waals surface area contributed by atoms with E-state index < -0.39 is 0 Å². The van der Waals surface area contributed by atoms with Crippen LogP contribution in [0.25, 0.3) is 0 Å². The van der Waals surface area contributed by atoms with Gasteiger partial charge in [-0.15, -0.1) is 0 Å². The minimum Gasteiger partial charge on any atom is -0.378 e. The lowest BCUT2D eigenvalue weighted by atomic mass is 9.86. The molecule has 1 aliphatic heterocycles. The Morgan fingerprint density at radius 1 is 1.12 bits per heavy atom. The fraction of sp³-hybridized carbons (Fsp3) is 0.600. The molecule has 17 heavy (non-hydrogen) atoms. The van der Waals surface area contributed by atoms with E-state index in [0.717, 1.165) is 26.3 Å². The minimum atomic E-state index is 0.230. The molecule has 2 rings (SSSR count). The highest BCUT2D eigenvalue weighted by molar-refractivity contribution is 5.55. The quantitative estimate of drug-likeness (QED) is 0.739. The van der Waals surface area contributed by atoms with Crippen molar-refractivity contribution in [1.82, 2.24) is 0 Å². The molecule has 0 N–H and O–H groups in total. The van der Waals surface area contributed by atoms with E-state index in [2.05, 4.69) is 50.8 Å². The zero-order valence-corrected chi connectivity index (χ0v) is 11.4. The molecule has 0 unspecified atom stereocenters. The maximum absolute atomic E-state index is 5.40. The summed E-state index contributed by atoms with van der Waals surface area (Å²) in [5.74, 6) is 0. The maximum atomic E-state index is 5.40. The largest absolute Gasteiger partial charge is 0.378 e. The number of ether oxygens (including phenoxy) is 1. The molecule has 2 heteroatoms. The molecule has 0 aliphatic carbocycles.